The molecule has 1 aromatic carbocycles. The van der Waals surface area contributed by atoms with Gasteiger partial charge in [0.25, 0.3) is 0 Å². The van der Waals surface area contributed by atoms with Gasteiger partial charge >= 0.3 is 5.97 Å². The molecule has 0 aliphatic heterocycles. The summed E-state index contributed by atoms with van der Waals surface area (Å²) in [6, 6.07) is 8.07. The largest absolute Gasteiger partial charge is 0.479 e. The molecule has 0 aromatic heterocycles. The van der Waals surface area contributed by atoms with Crippen molar-refractivity contribution in [1.29, 1.82) is 0 Å². The second-order valence-electron chi connectivity index (χ2n) is 4.29. The Hall–Kier alpha value is -1.79. The van der Waals surface area contributed by atoms with E-state index in [0.717, 1.165) is 16.4 Å². The fourth-order valence-electron chi connectivity index (χ4n) is 1.53. The minimum absolute atomic E-state index is 0.299. The van der Waals surface area contributed by atoms with E-state index in [0.29, 0.717) is 12.3 Å². The molecule has 21 heavy (non-hydrogen) atoms. The van der Waals surface area contributed by atoms with Crippen LogP contribution in [0.25, 0.3) is 6.08 Å². The Morgan fingerprint density at radius 1 is 1.38 bits per heavy atom. The number of carboxylic acids is 1. The zero-order chi connectivity index (χ0) is 15.7. The van der Waals surface area contributed by atoms with Crippen LogP contribution in [0.3, 0.4) is 0 Å². The van der Waals surface area contributed by atoms with Crippen molar-refractivity contribution in [2.24, 2.45) is 0 Å². The third-order valence-corrected chi connectivity index (χ3v) is 3.63. The number of carbonyl (C=O) groups excluding carboxylic acids is 1. The van der Waals surface area contributed by atoms with Crippen LogP contribution in [0.15, 0.2) is 30.8 Å². The molecular formula is C15H19NO4S. The summed E-state index contributed by atoms with van der Waals surface area (Å²) in [6.45, 7) is 4.90. The lowest BCUT2D eigenvalue weighted by Gasteiger charge is -2.18. The molecule has 0 fully saturated rings. The summed E-state index contributed by atoms with van der Waals surface area (Å²) in [5.41, 5.74) is 2.26. The number of benzene rings is 1. The van der Waals surface area contributed by atoms with Crippen LogP contribution in [0.5, 0.6) is 0 Å². The number of nitrogens with zero attached hydrogens (tertiary/aromatic N) is 1. The second-order valence-corrected chi connectivity index (χ2v) is 5.39. The zero-order valence-corrected chi connectivity index (χ0v) is 12.8. The van der Waals surface area contributed by atoms with Crippen LogP contribution in [-0.4, -0.2) is 41.0 Å². The van der Waals surface area contributed by atoms with Crippen molar-refractivity contribution in [3.05, 3.63) is 42.0 Å². The SMILES string of the molecule is C=Cc1ccc(CSCCN(OCC(=O)O)C(C)=O)cc1. The first-order valence-corrected chi connectivity index (χ1v) is 7.60. The van der Waals surface area contributed by atoms with E-state index in [1.165, 1.54) is 12.5 Å². The van der Waals surface area contributed by atoms with E-state index in [1.807, 2.05) is 24.3 Å². The maximum atomic E-state index is 11.3. The standard InChI is InChI=1S/C15H19NO4S/c1-3-13-4-6-14(7-5-13)11-21-9-8-16(12(2)17)20-10-15(18)19/h3-7H,1,8-11H2,2H3,(H,18,19). The molecule has 0 heterocycles. The number of amides is 1. The molecule has 0 atom stereocenters. The van der Waals surface area contributed by atoms with E-state index in [1.54, 1.807) is 17.8 Å². The number of hydrogen-bond donors (Lipinski definition) is 1. The molecule has 1 rings (SSSR count). The predicted molar refractivity (Wildman–Crippen MR) is 83.7 cm³/mol. The van der Waals surface area contributed by atoms with Gasteiger partial charge in [0.2, 0.25) is 5.91 Å². The number of thioether (sulfide) groups is 1. The molecule has 1 amide bonds. The molecule has 0 bridgehead atoms. The lowest BCUT2D eigenvalue weighted by atomic mass is 10.1. The van der Waals surface area contributed by atoms with E-state index >= 15 is 0 Å². The van der Waals surface area contributed by atoms with Gasteiger partial charge in [0.05, 0.1) is 6.54 Å². The molecule has 1 N–H and O–H groups in total. The van der Waals surface area contributed by atoms with Crippen molar-refractivity contribution in [1.82, 2.24) is 5.06 Å². The van der Waals surface area contributed by atoms with Gasteiger partial charge in [-0.05, 0) is 11.1 Å². The predicted octanol–water partition coefficient (Wildman–Crippen LogP) is 2.43. The van der Waals surface area contributed by atoms with Gasteiger partial charge in [-0.1, -0.05) is 36.9 Å². The van der Waals surface area contributed by atoms with Gasteiger partial charge in [-0.25, -0.2) is 9.86 Å². The lowest BCUT2D eigenvalue weighted by molar-refractivity contribution is -0.189. The highest BCUT2D eigenvalue weighted by molar-refractivity contribution is 7.98. The van der Waals surface area contributed by atoms with Crippen molar-refractivity contribution in [2.75, 3.05) is 18.9 Å². The number of rotatable bonds is 9. The van der Waals surface area contributed by atoms with E-state index in [9.17, 15) is 9.59 Å². The first kappa shape index (κ1) is 17.3. The third-order valence-electron chi connectivity index (χ3n) is 2.62. The number of aliphatic carboxylic acids is 1. The molecule has 5 nitrogen and oxygen atoms in total. The summed E-state index contributed by atoms with van der Waals surface area (Å²) >= 11 is 1.65. The van der Waals surface area contributed by atoms with E-state index in [-0.39, 0.29) is 5.91 Å². The van der Waals surface area contributed by atoms with Gasteiger partial charge in [0, 0.05) is 18.4 Å². The number of hydroxylamine groups is 2. The number of carbonyl (C=O) groups is 2. The Balaban J connectivity index is 2.31. The number of carboxylic acid groups (broad SMARTS) is 1. The van der Waals surface area contributed by atoms with Crippen molar-refractivity contribution in [3.8, 4) is 0 Å². The van der Waals surface area contributed by atoms with E-state index in [4.69, 9.17) is 9.94 Å². The molecule has 114 valence electrons. The van der Waals surface area contributed by atoms with Crippen LogP contribution in [0.4, 0.5) is 0 Å². The lowest BCUT2D eigenvalue weighted by Crippen LogP contribution is -2.33. The molecule has 0 saturated carbocycles. The molecule has 1 aromatic rings. The molecule has 6 heteroatoms. The highest BCUT2D eigenvalue weighted by Gasteiger charge is 2.11. The maximum Gasteiger partial charge on any atom is 0.332 e. The molecule has 0 unspecified atom stereocenters. The van der Waals surface area contributed by atoms with Crippen LogP contribution in [0.1, 0.15) is 18.1 Å². The van der Waals surface area contributed by atoms with Gasteiger partial charge in [-0.2, -0.15) is 11.8 Å². The number of hydrogen-bond acceptors (Lipinski definition) is 4. The summed E-state index contributed by atoms with van der Waals surface area (Å²) in [5.74, 6) is 0.0910. The van der Waals surface area contributed by atoms with Gasteiger partial charge in [-0.3, -0.25) is 9.63 Å². The highest BCUT2D eigenvalue weighted by atomic mass is 32.2. The molecule has 0 aliphatic carbocycles. The van der Waals surface area contributed by atoms with Crippen molar-refractivity contribution in [3.63, 3.8) is 0 Å². The Kier molecular flexibility index (Phi) is 7.56. The third kappa shape index (κ3) is 6.97. The molecule has 0 radical (unpaired) electrons. The van der Waals surface area contributed by atoms with E-state index in [2.05, 4.69) is 6.58 Å². The quantitative estimate of drug-likeness (QED) is 0.560. The average molecular weight is 309 g/mol. The monoisotopic (exact) mass is 309 g/mol. The molecule has 0 saturated heterocycles. The van der Waals surface area contributed by atoms with E-state index < -0.39 is 12.6 Å². The van der Waals surface area contributed by atoms with Gasteiger partial charge < -0.3 is 5.11 Å². The fraction of sp³-hybridized carbons (Fsp3) is 0.333. The molecule has 0 spiro atoms. The summed E-state index contributed by atoms with van der Waals surface area (Å²) in [4.78, 5) is 26.6. The Morgan fingerprint density at radius 3 is 2.57 bits per heavy atom. The highest BCUT2D eigenvalue weighted by Crippen LogP contribution is 2.14. The fourth-order valence-corrected chi connectivity index (χ4v) is 2.40. The Morgan fingerprint density at radius 2 is 2.05 bits per heavy atom. The minimum atomic E-state index is -1.10. The van der Waals surface area contributed by atoms with Gasteiger partial charge in [0.1, 0.15) is 0 Å². The molecule has 0 aliphatic rings. The van der Waals surface area contributed by atoms with Crippen molar-refractivity contribution in [2.45, 2.75) is 12.7 Å². The first-order chi connectivity index (χ1) is 10.0. The van der Waals surface area contributed by atoms with Crippen molar-refractivity contribution >= 4 is 29.7 Å². The van der Waals surface area contributed by atoms with Crippen LogP contribution >= 0.6 is 11.8 Å². The van der Waals surface area contributed by atoms with Gasteiger partial charge in [-0.15, -0.1) is 0 Å². The second kappa shape index (κ2) is 9.20. The average Bonchev–Trinajstić information content (AvgIpc) is 2.46. The summed E-state index contributed by atoms with van der Waals surface area (Å²) < 4.78 is 0. The van der Waals surface area contributed by atoms with Crippen LogP contribution in [0, 0.1) is 0 Å². The smallest absolute Gasteiger partial charge is 0.332 e. The van der Waals surface area contributed by atoms with Crippen LogP contribution in [0.2, 0.25) is 0 Å². The summed E-state index contributed by atoms with van der Waals surface area (Å²) in [5, 5.41) is 9.62. The van der Waals surface area contributed by atoms with Crippen LogP contribution < -0.4 is 0 Å². The van der Waals surface area contributed by atoms with Crippen LogP contribution in [-0.2, 0) is 20.2 Å². The molecular weight excluding hydrogens is 290 g/mol. The van der Waals surface area contributed by atoms with Crippen molar-refractivity contribution < 1.29 is 19.5 Å². The topological polar surface area (TPSA) is 66.8 Å². The summed E-state index contributed by atoms with van der Waals surface area (Å²) in [6.07, 6.45) is 1.79. The normalized spacial score (nSPS) is 10.1. The Labute approximate surface area is 128 Å². The van der Waals surface area contributed by atoms with Gasteiger partial charge in [0.15, 0.2) is 6.61 Å². The summed E-state index contributed by atoms with van der Waals surface area (Å²) in [7, 11) is 0. The zero-order valence-electron chi connectivity index (χ0n) is 11.9. The first-order valence-electron chi connectivity index (χ1n) is 6.45. The Bertz CT molecular complexity index is 487. The minimum Gasteiger partial charge on any atom is -0.479 e. The maximum absolute atomic E-state index is 11.3.